The normalized spacial score (nSPS) is 12.4. The van der Waals surface area contributed by atoms with Gasteiger partial charge in [-0.1, -0.05) is 66.3 Å². The monoisotopic (exact) mass is 1860 g/mol. The molecule has 0 amide bonds. The molecule has 0 bridgehead atoms. The van der Waals surface area contributed by atoms with Crippen LogP contribution in [0.3, 0.4) is 0 Å². The Balaban J connectivity index is 0.000000143. The minimum Gasteiger partial charge on any atom is -0.384 e. The highest BCUT2D eigenvalue weighted by Gasteiger charge is 2.31. The van der Waals surface area contributed by atoms with Crippen LogP contribution in [0, 0.1) is 104 Å². The van der Waals surface area contributed by atoms with Gasteiger partial charge in [-0.3, -0.25) is 52.4 Å². The van der Waals surface area contributed by atoms with E-state index in [9.17, 15) is 53.4 Å². The molecule has 14 N–H and O–H groups in total. The number of fused-ring (bicyclic) bond motifs is 4. The van der Waals surface area contributed by atoms with Gasteiger partial charge in [0.15, 0.2) is 23.3 Å². The maximum absolute atomic E-state index is 14.4. The minimum absolute atomic E-state index is 0.00390. The summed E-state index contributed by atoms with van der Waals surface area (Å²) in [6.45, 7) is 16.9. The topological polar surface area (TPSA) is 568 Å². The van der Waals surface area contributed by atoms with Crippen molar-refractivity contribution in [3.05, 3.63) is 294 Å². The van der Waals surface area contributed by atoms with E-state index < -0.39 is 52.7 Å². The molecule has 43 heteroatoms. The molecule has 0 saturated heterocycles. The quantitative estimate of drug-likeness (QED) is 0.0363. The molecule has 37 nitrogen and oxygen atoms in total. The maximum Gasteiger partial charge on any atom is 0.267 e. The van der Waals surface area contributed by atoms with Crippen LogP contribution in [-0.4, -0.2) is 98.0 Å². The number of nitriles is 4. The highest BCUT2D eigenvalue weighted by Crippen LogP contribution is 2.41. The molecule has 4 atom stereocenters. The van der Waals surface area contributed by atoms with Crippen LogP contribution < -0.4 is 72.2 Å². The number of nitrogens with zero attached hydrogens (tertiary/aromatic N) is 24. The zero-order valence-corrected chi connectivity index (χ0v) is 75.2. The first-order chi connectivity index (χ1) is 64.1. The molecule has 16 aromatic rings. The highest BCUT2D eigenvalue weighted by atomic mass is 35.5. The van der Waals surface area contributed by atoms with Crippen LogP contribution in [0.5, 0.6) is 0 Å². The molecule has 0 aliphatic heterocycles. The number of hydrogen-bond donors (Lipinski definition) is 9. The van der Waals surface area contributed by atoms with Crippen LogP contribution in [0.15, 0.2) is 154 Å². The third kappa shape index (κ3) is 19.1. The number of rotatable bonds is 19. The first kappa shape index (κ1) is 93.3. The van der Waals surface area contributed by atoms with Gasteiger partial charge < -0.3 is 49.9 Å². The lowest BCUT2D eigenvalue weighted by molar-refractivity contribution is 0.607. The van der Waals surface area contributed by atoms with Crippen LogP contribution in [0.25, 0.3) is 66.4 Å². The van der Waals surface area contributed by atoms with Crippen LogP contribution in [0.1, 0.15) is 169 Å². The van der Waals surface area contributed by atoms with Gasteiger partial charge in [0.25, 0.3) is 22.2 Å². The minimum atomic E-state index is -0.712. The van der Waals surface area contributed by atoms with E-state index in [4.69, 9.17) is 73.4 Å². The number of aromatic nitrogens is 20. The number of halogens is 6. The molecule has 1 aliphatic rings. The second kappa shape index (κ2) is 39.2. The van der Waals surface area contributed by atoms with Gasteiger partial charge in [-0.15, -0.1) is 0 Å². The average molecular weight is 1860 g/mol. The molecular formula is C91H79Cl3F3N33O4. The highest BCUT2D eigenvalue weighted by molar-refractivity contribution is 6.36. The Morgan fingerprint density at radius 1 is 0.425 bits per heavy atom. The van der Waals surface area contributed by atoms with Gasteiger partial charge in [0.1, 0.15) is 140 Å². The van der Waals surface area contributed by atoms with Gasteiger partial charge in [0.05, 0.1) is 143 Å². The summed E-state index contributed by atoms with van der Waals surface area (Å²) in [6.07, 6.45) is 13.3. The Morgan fingerprint density at radius 3 is 1.21 bits per heavy atom. The van der Waals surface area contributed by atoms with E-state index in [0.29, 0.717) is 102 Å². The van der Waals surface area contributed by atoms with Crippen LogP contribution in [0.2, 0.25) is 15.1 Å². The Morgan fingerprint density at radius 2 is 0.806 bits per heavy atom. The smallest absolute Gasteiger partial charge is 0.267 e. The molecule has 12 heterocycles. The SMILES string of the molecule is CCC[C@H](Nc1nc(C)nc(N)c1C#N)c1nc2cccc(Cl)c2c(=O)n1-c1ccc(N)nc1.Cc1nc(N)c(C#N)c(N[C@@H](C)c2nc3ccc(F)cc3c(=O)n2-c2cncc(F)c2C)n1.Cc1nc(N)c(C#N)c(N[C@@H](C)c2nc3cccc(Cl)c3c(=O)n2-c2cncc(C3CC3)c2)n1.Cc1nc(N)c(C#N)c(N[C@@H](C)c2nc3cccc(Cl)c3c(=O)n2-c2cncc(F)c2C)n1. The maximum atomic E-state index is 14.4. The first-order valence-corrected chi connectivity index (χ1v) is 42.2. The number of benzene rings is 4. The average Bonchev–Trinajstić information content (AvgIpc) is 1.41. The second-order valence-corrected chi connectivity index (χ2v) is 32.0. The summed E-state index contributed by atoms with van der Waals surface area (Å²) in [5.41, 5.74) is 32.5. The van der Waals surface area contributed by atoms with E-state index in [1.807, 2.05) is 50.4 Å². The molecule has 4 aromatic carbocycles. The third-order valence-electron chi connectivity index (χ3n) is 21.4. The molecule has 17 rings (SSSR count). The second-order valence-electron chi connectivity index (χ2n) is 30.8. The standard InChI is InChI=1S/C24H21ClN8O.C23H22ClN9O.C22H18ClFN8O.C22H18F2N8O/c1-12(29-22-17(9-26)21(27)30-13(2)31-22)23-32-19-5-3-4-18(25)20(19)24(34)33(23)16-8-15(10-28-11-16)14-6-7-14;1-3-5-17(31-21-14(10-25)20(27)29-12(2)30-21)22-32-16-7-4-6-15(24)19(16)23(34)33(22)13-8-9-18(26)28-11-13;1-10-15(24)8-27-9-17(10)32-21(31-16-6-4-5-14(23)18(16)22(32)33)11(2)28-20-13(7-25)19(26)29-12(3)30-20;1-10-16(24)8-27-9-18(10)32-21(31-17-5-4-13(23)6-14(17)22(32)33)11(2)28-20-15(7-25)19(26)29-12(3)30-20/h3-5,8,10-12,14H,6-7H2,1-2H3,(H3,27,29,30,31);4,6-9,11,17H,3,5H2,1-2H3,(H2,26,28)(H3,27,29,30,31);2*4-6,8-9,11H,1-3H3,(H3,26,28,29,30)/t12-;17-;2*11-/m0000/s1. The molecular weight excluding hydrogens is 1780 g/mol. The molecule has 0 radical (unpaired) electrons. The fraction of sp³-hybridized carbons (Fsp3) is 0.209. The number of nitrogens with one attached hydrogen (secondary N) is 4. The lowest BCUT2D eigenvalue weighted by Gasteiger charge is -2.23. The number of hydrogen-bond acceptors (Lipinski definition) is 33. The van der Waals surface area contributed by atoms with Crippen molar-refractivity contribution in [2.45, 2.75) is 125 Å². The number of nitrogen functional groups attached to an aromatic ring is 5. The number of aryl methyl sites for hydroxylation is 4. The Bertz CT molecular complexity index is 7870. The van der Waals surface area contributed by atoms with Crippen molar-refractivity contribution in [3.8, 4) is 47.0 Å². The molecule has 134 heavy (non-hydrogen) atoms. The van der Waals surface area contributed by atoms with E-state index in [1.54, 1.807) is 121 Å². The molecule has 1 fully saturated rings. The van der Waals surface area contributed by atoms with Gasteiger partial charge in [-0.25, -0.2) is 78.0 Å². The number of pyridine rings is 4. The summed E-state index contributed by atoms with van der Waals surface area (Å²) in [5.74, 6) is 2.85. The number of nitrogens with two attached hydrogens (primary N) is 5. The van der Waals surface area contributed by atoms with Crippen molar-refractivity contribution < 1.29 is 13.2 Å². The molecule has 1 saturated carbocycles. The van der Waals surface area contributed by atoms with E-state index in [1.165, 1.54) is 55.9 Å². The first-order valence-electron chi connectivity index (χ1n) is 41.1. The van der Waals surface area contributed by atoms with Crippen molar-refractivity contribution in [3.63, 3.8) is 0 Å². The van der Waals surface area contributed by atoms with Gasteiger partial charge in [-0.05, 0) is 166 Å². The summed E-state index contributed by atoms with van der Waals surface area (Å²) in [7, 11) is 0. The molecule has 674 valence electrons. The van der Waals surface area contributed by atoms with Crippen molar-refractivity contribution in [1.29, 1.82) is 21.0 Å². The summed E-state index contributed by atoms with van der Waals surface area (Å²) in [4.78, 5) is 123. The van der Waals surface area contributed by atoms with Crippen molar-refractivity contribution in [2.24, 2.45) is 0 Å². The Hall–Kier alpha value is -16.8. The largest absolute Gasteiger partial charge is 0.384 e. The van der Waals surface area contributed by atoms with E-state index in [0.717, 1.165) is 43.3 Å². The van der Waals surface area contributed by atoms with E-state index in [-0.39, 0.29) is 135 Å². The molecule has 0 unspecified atom stereocenters. The van der Waals surface area contributed by atoms with Crippen molar-refractivity contribution in [1.82, 2.24) is 98.0 Å². The van der Waals surface area contributed by atoms with Crippen molar-refractivity contribution >= 4 is 131 Å². The summed E-state index contributed by atoms with van der Waals surface area (Å²) >= 11 is 19.1. The number of anilines is 9. The van der Waals surface area contributed by atoms with Gasteiger partial charge in [0.2, 0.25) is 0 Å². The van der Waals surface area contributed by atoms with Gasteiger partial charge in [-0.2, -0.15) is 21.0 Å². The fourth-order valence-electron chi connectivity index (χ4n) is 14.8. The lowest BCUT2D eigenvalue weighted by Crippen LogP contribution is -2.29. The van der Waals surface area contributed by atoms with Gasteiger partial charge >= 0.3 is 0 Å². The third-order valence-corrected chi connectivity index (χ3v) is 22.3. The predicted molar refractivity (Wildman–Crippen MR) is 502 cm³/mol. The van der Waals surface area contributed by atoms with Crippen LogP contribution in [-0.2, 0) is 0 Å². The van der Waals surface area contributed by atoms with Crippen LogP contribution in [0.4, 0.5) is 65.5 Å². The summed E-state index contributed by atoms with van der Waals surface area (Å²) in [6, 6.07) is 29.7. The van der Waals surface area contributed by atoms with Crippen molar-refractivity contribution in [2.75, 3.05) is 49.9 Å². The molecule has 1 aliphatic carbocycles. The van der Waals surface area contributed by atoms with Crippen LogP contribution >= 0.6 is 34.8 Å². The predicted octanol–water partition coefficient (Wildman–Crippen LogP) is 14.3. The van der Waals surface area contributed by atoms with E-state index >= 15 is 0 Å². The van der Waals surface area contributed by atoms with Gasteiger partial charge in [0, 0.05) is 17.3 Å². The summed E-state index contributed by atoms with van der Waals surface area (Å²) < 4.78 is 48.0. The Labute approximate surface area is 774 Å². The lowest BCUT2D eigenvalue weighted by atomic mass is 10.1. The fourth-order valence-corrected chi connectivity index (χ4v) is 15.5. The zero-order chi connectivity index (χ0) is 96.1. The zero-order valence-electron chi connectivity index (χ0n) is 72.9. The molecule has 0 spiro atoms. The molecule has 12 aromatic heterocycles. The Kier molecular flexibility index (Phi) is 27.3. The summed E-state index contributed by atoms with van der Waals surface area (Å²) in [5, 5.41) is 52.5. The van der Waals surface area contributed by atoms with E-state index in [2.05, 4.69) is 91.0 Å².